The Morgan fingerprint density at radius 3 is 2.69 bits per heavy atom. The van der Waals surface area contributed by atoms with Crippen molar-refractivity contribution < 1.29 is 18.6 Å². The van der Waals surface area contributed by atoms with Gasteiger partial charge in [-0.05, 0) is 38.2 Å². The Kier molecular flexibility index (Phi) is 5.45. The lowest BCUT2D eigenvalue weighted by molar-refractivity contribution is -0.0412. The number of aliphatic hydroxyl groups excluding tert-OH is 1. The molecule has 0 saturated carbocycles. The van der Waals surface area contributed by atoms with Crippen LogP contribution in [0.3, 0.4) is 0 Å². The number of ether oxygens (including phenoxy) is 1. The first-order valence-corrected chi connectivity index (χ1v) is 9.43. The summed E-state index contributed by atoms with van der Waals surface area (Å²) in [6.45, 7) is 2.77. The van der Waals surface area contributed by atoms with Crippen LogP contribution in [0.15, 0.2) is 16.9 Å². The molecular weight excluding hydrogens is 362 g/mol. The highest BCUT2D eigenvalue weighted by Gasteiger charge is 2.30. The Morgan fingerprint density at radius 1 is 1.35 bits per heavy atom. The molecule has 0 amide bonds. The number of thioether (sulfide) groups is 1. The fraction of sp³-hybridized carbons (Fsp3) is 0.444. The SMILES string of the molecule is CC(C)(OCCO)c1c(F)cc(-c2nc3c(c(=O)[nH]2)CSCC3)cc1F. The molecule has 140 valence electrons. The van der Waals surface area contributed by atoms with Crippen molar-refractivity contribution in [3.8, 4) is 11.4 Å². The summed E-state index contributed by atoms with van der Waals surface area (Å²) in [7, 11) is 0. The molecule has 2 heterocycles. The molecule has 0 fully saturated rings. The molecule has 0 unspecified atom stereocenters. The first-order valence-electron chi connectivity index (χ1n) is 8.28. The van der Waals surface area contributed by atoms with E-state index in [9.17, 15) is 13.6 Å². The number of nitrogens with one attached hydrogen (secondary N) is 1. The van der Waals surface area contributed by atoms with Crippen LogP contribution in [0.4, 0.5) is 8.78 Å². The first kappa shape index (κ1) is 19.0. The lowest BCUT2D eigenvalue weighted by Gasteiger charge is -2.26. The van der Waals surface area contributed by atoms with Crippen molar-refractivity contribution >= 4 is 11.8 Å². The van der Waals surface area contributed by atoms with Gasteiger partial charge in [0.25, 0.3) is 5.56 Å². The second kappa shape index (κ2) is 7.46. The van der Waals surface area contributed by atoms with Gasteiger partial charge in [-0.1, -0.05) is 0 Å². The van der Waals surface area contributed by atoms with Crippen LogP contribution >= 0.6 is 11.8 Å². The van der Waals surface area contributed by atoms with E-state index in [1.807, 2.05) is 0 Å². The van der Waals surface area contributed by atoms with Gasteiger partial charge in [0.15, 0.2) is 0 Å². The van der Waals surface area contributed by atoms with Gasteiger partial charge in [-0.3, -0.25) is 4.79 Å². The lowest BCUT2D eigenvalue weighted by atomic mass is 9.95. The van der Waals surface area contributed by atoms with Crippen molar-refractivity contribution in [2.75, 3.05) is 19.0 Å². The third-order valence-electron chi connectivity index (χ3n) is 4.30. The molecule has 0 saturated heterocycles. The minimum Gasteiger partial charge on any atom is -0.394 e. The van der Waals surface area contributed by atoms with Crippen LogP contribution in [0.2, 0.25) is 0 Å². The second-order valence-electron chi connectivity index (χ2n) is 6.54. The molecule has 0 spiro atoms. The number of aromatic nitrogens is 2. The summed E-state index contributed by atoms with van der Waals surface area (Å²) in [5, 5.41) is 8.87. The molecule has 0 radical (unpaired) electrons. The predicted octanol–water partition coefficient (Wildman–Crippen LogP) is 2.75. The van der Waals surface area contributed by atoms with Gasteiger partial charge in [0, 0.05) is 16.9 Å². The molecule has 1 aliphatic rings. The maximum atomic E-state index is 14.7. The van der Waals surface area contributed by atoms with E-state index in [0.29, 0.717) is 23.4 Å². The molecule has 0 bridgehead atoms. The molecule has 5 nitrogen and oxygen atoms in total. The zero-order valence-corrected chi connectivity index (χ0v) is 15.4. The topological polar surface area (TPSA) is 75.2 Å². The van der Waals surface area contributed by atoms with Crippen molar-refractivity contribution in [3.05, 3.63) is 50.9 Å². The zero-order valence-electron chi connectivity index (χ0n) is 14.6. The van der Waals surface area contributed by atoms with Crippen LogP contribution in [0.5, 0.6) is 0 Å². The number of rotatable bonds is 5. The van der Waals surface area contributed by atoms with Crippen molar-refractivity contribution in [3.63, 3.8) is 0 Å². The van der Waals surface area contributed by atoms with E-state index in [2.05, 4.69) is 9.97 Å². The van der Waals surface area contributed by atoms with Gasteiger partial charge >= 0.3 is 0 Å². The van der Waals surface area contributed by atoms with Crippen LogP contribution in [0, 0.1) is 11.6 Å². The molecule has 8 heteroatoms. The summed E-state index contributed by atoms with van der Waals surface area (Å²) < 4.78 is 34.7. The monoisotopic (exact) mass is 382 g/mol. The quantitative estimate of drug-likeness (QED) is 0.832. The van der Waals surface area contributed by atoms with E-state index in [1.165, 1.54) is 13.8 Å². The standard InChI is InChI=1S/C18H20F2N2O3S/c1-18(2,25-5-4-23)15-12(19)7-10(8-13(15)20)16-21-14-3-6-26-9-11(14)17(24)22-16/h7-8,23H,3-6,9H2,1-2H3,(H,21,22,24). The minimum atomic E-state index is -1.25. The molecule has 0 atom stereocenters. The van der Waals surface area contributed by atoms with Gasteiger partial charge in [0.05, 0.1) is 30.1 Å². The molecule has 0 aliphatic carbocycles. The van der Waals surface area contributed by atoms with Gasteiger partial charge < -0.3 is 14.8 Å². The molecular formula is C18H20F2N2O3S. The third kappa shape index (κ3) is 3.67. The fourth-order valence-electron chi connectivity index (χ4n) is 3.04. The number of hydrogen-bond acceptors (Lipinski definition) is 5. The van der Waals surface area contributed by atoms with Crippen molar-refractivity contribution in [2.45, 2.75) is 31.6 Å². The summed E-state index contributed by atoms with van der Waals surface area (Å²) in [4.78, 5) is 19.3. The normalized spacial score (nSPS) is 14.3. The average molecular weight is 382 g/mol. The number of fused-ring (bicyclic) bond motifs is 1. The van der Waals surface area contributed by atoms with E-state index in [1.54, 1.807) is 11.8 Å². The second-order valence-corrected chi connectivity index (χ2v) is 7.64. The van der Waals surface area contributed by atoms with E-state index < -0.39 is 17.2 Å². The molecule has 2 aromatic rings. The van der Waals surface area contributed by atoms with Crippen LogP contribution in [-0.2, 0) is 22.5 Å². The number of aryl methyl sites for hydroxylation is 1. The summed E-state index contributed by atoms with van der Waals surface area (Å²) in [5.74, 6) is 0.0218. The summed E-state index contributed by atoms with van der Waals surface area (Å²) in [6, 6.07) is 2.29. The minimum absolute atomic E-state index is 0.0364. The molecule has 2 N–H and O–H groups in total. The first-order chi connectivity index (χ1) is 12.3. The number of aliphatic hydroxyl groups is 1. The maximum Gasteiger partial charge on any atom is 0.255 e. The Hall–Kier alpha value is -1.77. The maximum absolute atomic E-state index is 14.7. The Bertz CT molecular complexity index is 860. The third-order valence-corrected chi connectivity index (χ3v) is 5.29. The van der Waals surface area contributed by atoms with E-state index in [0.717, 1.165) is 17.9 Å². The van der Waals surface area contributed by atoms with Crippen LogP contribution in [-0.4, -0.2) is 34.0 Å². The summed E-state index contributed by atoms with van der Waals surface area (Å²) in [5.41, 5.74) is -0.274. The molecule has 1 aromatic heterocycles. The highest BCUT2D eigenvalue weighted by molar-refractivity contribution is 7.98. The smallest absolute Gasteiger partial charge is 0.255 e. The average Bonchev–Trinajstić information content (AvgIpc) is 2.59. The predicted molar refractivity (Wildman–Crippen MR) is 96.1 cm³/mol. The van der Waals surface area contributed by atoms with Gasteiger partial charge in [0.1, 0.15) is 17.5 Å². The van der Waals surface area contributed by atoms with Gasteiger partial charge in [-0.15, -0.1) is 0 Å². The van der Waals surface area contributed by atoms with E-state index in [4.69, 9.17) is 9.84 Å². The Labute approximate surface area is 153 Å². The largest absolute Gasteiger partial charge is 0.394 e. The van der Waals surface area contributed by atoms with Crippen molar-refractivity contribution in [1.82, 2.24) is 9.97 Å². The number of benzene rings is 1. The molecule has 1 aromatic carbocycles. The lowest BCUT2D eigenvalue weighted by Crippen LogP contribution is -2.26. The highest BCUT2D eigenvalue weighted by Crippen LogP contribution is 2.32. The molecule has 3 rings (SSSR count). The number of aromatic amines is 1. The highest BCUT2D eigenvalue weighted by atomic mass is 32.2. The fourth-order valence-corrected chi connectivity index (χ4v) is 4.02. The molecule has 1 aliphatic heterocycles. The van der Waals surface area contributed by atoms with Crippen molar-refractivity contribution in [1.29, 1.82) is 0 Å². The Morgan fingerprint density at radius 2 is 2.04 bits per heavy atom. The zero-order chi connectivity index (χ0) is 18.9. The Balaban J connectivity index is 2.03. The van der Waals surface area contributed by atoms with Crippen LogP contribution in [0.1, 0.15) is 30.7 Å². The number of halogens is 2. The van der Waals surface area contributed by atoms with Crippen LogP contribution < -0.4 is 5.56 Å². The van der Waals surface area contributed by atoms with Gasteiger partial charge in [-0.2, -0.15) is 11.8 Å². The number of nitrogens with zero attached hydrogens (tertiary/aromatic N) is 1. The summed E-state index contributed by atoms with van der Waals surface area (Å²) in [6.07, 6.45) is 0.655. The van der Waals surface area contributed by atoms with Crippen LogP contribution in [0.25, 0.3) is 11.4 Å². The van der Waals surface area contributed by atoms with E-state index in [-0.39, 0.29) is 35.7 Å². The van der Waals surface area contributed by atoms with Crippen molar-refractivity contribution in [2.24, 2.45) is 0 Å². The molecule has 26 heavy (non-hydrogen) atoms. The van der Waals surface area contributed by atoms with Gasteiger partial charge in [0.2, 0.25) is 0 Å². The summed E-state index contributed by atoms with van der Waals surface area (Å²) >= 11 is 1.66. The number of hydrogen-bond donors (Lipinski definition) is 2. The number of H-pyrrole nitrogens is 1. The van der Waals surface area contributed by atoms with E-state index >= 15 is 0 Å². The van der Waals surface area contributed by atoms with Gasteiger partial charge in [-0.25, -0.2) is 13.8 Å².